The Labute approximate surface area is 164 Å². The summed E-state index contributed by atoms with van der Waals surface area (Å²) in [7, 11) is 3.30. The van der Waals surface area contributed by atoms with Crippen molar-refractivity contribution < 1.29 is 19.0 Å². The molecular weight excluding hydrogens is 352 g/mol. The molecule has 1 atom stereocenters. The predicted octanol–water partition coefficient (Wildman–Crippen LogP) is 5.97. The van der Waals surface area contributed by atoms with Gasteiger partial charge >= 0.3 is 0 Å². The molecule has 0 fully saturated rings. The summed E-state index contributed by atoms with van der Waals surface area (Å²) in [6, 6.07) is 21.1. The maximum absolute atomic E-state index is 9.64. The van der Waals surface area contributed by atoms with Crippen LogP contribution < -0.4 is 9.47 Å². The third-order valence-electron chi connectivity index (χ3n) is 5.11. The molecule has 0 aliphatic rings. The van der Waals surface area contributed by atoms with E-state index in [9.17, 15) is 5.11 Å². The van der Waals surface area contributed by atoms with E-state index in [0.717, 1.165) is 44.9 Å². The predicted molar refractivity (Wildman–Crippen MR) is 110 cm³/mol. The van der Waals surface area contributed by atoms with Crippen LogP contribution in [0.15, 0.2) is 71.1 Å². The highest BCUT2D eigenvalue weighted by Crippen LogP contribution is 2.42. The topological polar surface area (TPSA) is 51.8 Å². The Morgan fingerprint density at radius 3 is 2.11 bits per heavy atom. The summed E-state index contributed by atoms with van der Waals surface area (Å²) in [5, 5.41) is 10.7. The van der Waals surface area contributed by atoms with E-state index in [4.69, 9.17) is 13.9 Å². The van der Waals surface area contributed by atoms with E-state index in [1.807, 2.05) is 54.6 Å². The average Bonchev–Trinajstić information content (AvgIpc) is 3.12. The van der Waals surface area contributed by atoms with Crippen molar-refractivity contribution in [1.82, 2.24) is 0 Å². The minimum absolute atomic E-state index is 0.0762. The van der Waals surface area contributed by atoms with Crippen molar-refractivity contribution in [2.24, 2.45) is 0 Å². The van der Waals surface area contributed by atoms with Gasteiger partial charge in [0.25, 0.3) is 0 Å². The second-order valence-corrected chi connectivity index (χ2v) is 6.75. The van der Waals surface area contributed by atoms with E-state index in [1.165, 1.54) is 0 Å². The number of phenols is 1. The summed E-state index contributed by atoms with van der Waals surface area (Å²) >= 11 is 0. The molecule has 0 saturated heterocycles. The first kappa shape index (κ1) is 18.0. The number of hydrogen-bond acceptors (Lipinski definition) is 4. The van der Waals surface area contributed by atoms with Gasteiger partial charge in [-0.25, -0.2) is 0 Å². The molecule has 142 valence electrons. The number of methoxy groups -OCH3 is 2. The Hall–Kier alpha value is -3.40. The standard InChI is InChI=1S/C24H22O4/c1-15(16-4-8-18(25)9-5-16)23-21-13-12-20(27-3)14-22(21)28-24(23)17-6-10-19(26-2)11-7-17/h4-15,25H,1-3H3. The second-order valence-electron chi connectivity index (χ2n) is 6.75. The minimum atomic E-state index is 0.0762. The van der Waals surface area contributed by atoms with E-state index in [-0.39, 0.29) is 11.7 Å². The van der Waals surface area contributed by atoms with Crippen LogP contribution in [0.2, 0.25) is 0 Å². The van der Waals surface area contributed by atoms with Gasteiger partial charge in [0.1, 0.15) is 28.6 Å². The van der Waals surface area contributed by atoms with Gasteiger partial charge in [0, 0.05) is 28.5 Å². The second kappa shape index (κ2) is 7.31. The van der Waals surface area contributed by atoms with Gasteiger partial charge in [0.15, 0.2) is 0 Å². The number of fused-ring (bicyclic) bond motifs is 1. The van der Waals surface area contributed by atoms with Crippen LogP contribution in [0.5, 0.6) is 17.2 Å². The molecule has 0 aliphatic carbocycles. The first-order valence-electron chi connectivity index (χ1n) is 9.14. The van der Waals surface area contributed by atoms with Gasteiger partial charge in [-0.05, 0) is 54.1 Å². The fourth-order valence-electron chi connectivity index (χ4n) is 3.54. The van der Waals surface area contributed by atoms with Gasteiger partial charge in [0.2, 0.25) is 0 Å². The smallest absolute Gasteiger partial charge is 0.139 e. The number of phenolic OH excluding ortho intramolecular Hbond substituents is 1. The van der Waals surface area contributed by atoms with E-state index >= 15 is 0 Å². The van der Waals surface area contributed by atoms with Crippen LogP contribution in [0.4, 0.5) is 0 Å². The van der Waals surface area contributed by atoms with Crippen LogP contribution in [0.25, 0.3) is 22.3 Å². The molecule has 0 aliphatic heterocycles. The van der Waals surface area contributed by atoms with Gasteiger partial charge in [-0.2, -0.15) is 0 Å². The van der Waals surface area contributed by atoms with E-state index < -0.39 is 0 Å². The lowest BCUT2D eigenvalue weighted by Gasteiger charge is -2.14. The maximum Gasteiger partial charge on any atom is 0.139 e. The summed E-state index contributed by atoms with van der Waals surface area (Å²) in [4.78, 5) is 0. The van der Waals surface area contributed by atoms with Crippen molar-refractivity contribution in [3.05, 3.63) is 77.9 Å². The van der Waals surface area contributed by atoms with Gasteiger partial charge in [-0.1, -0.05) is 19.1 Å². The van der Waals surface area contributed by atoms with Crippen LogP contribution in [0, 0.1) is 0 Å². The third-order valence-corrected chi connectivity index (χ3v) is 5.11. The van der Waals surface area contributed by atoms with Crippen molar-refractivity contribution in [2.75, 3.05) is 14.2 Å². The zero-order valence-electron chi connectivity index (χ0n) is 16.1. The van der Waals surface area contributed by atoms with Crippen molar-refractivity contribution in [2.45, 2.75) is 12.8 Å². The lowest BCUT2D eigenvalue weighted by Crippen LogP contribution is -1.97. The fourth-order valence-corrected chi connectivity index (χ4v) is 3.54. The number of hydrogen-bond donors (Lipinski definition) is 1. The number of furan rings is 1. The molecule has 3 aromatic carbocycles. The van der Waals surface area contributed by atoms with Crippen LogP contribution in [-0.4, -0.2) is 19.3 Å². The Morgan fingerprint density at radius 1 is 0.821 bits per heavy atom. The molecule has 0 saturated carbocycles. The Morgan fingerprint density at radius 2 is 1.46 bits per heavy atom. The Kier molecular flexibility index (Phi) is 4.70. The maximum atomic E-state index is 9.64. The largest absolute Gasteiger partial charge is 0.508 e. The molecule has 1 N–H and O–H groups in total. The molecule has 4 heteroatoms. The van der Waals surface area contributed by atoms with Crippen molar-refractivity contribution in [1.29, 1.82) is 0 Å². The van der Waals surface area contributed by atoms with Crippen LogP contribution >= 0.6 is 0 Å². The monoisotopic (exact) mass is 374 g/mol. The molecule has 4 rings (SSSR count). The third kappa shape index (κ3) is 3.18. The van der Waals surface area contributed by atoms with Crippen molar-refractivity contribution >= 4 is 11.0 Å². The van der Waals surface area contributed by atoms with Crippen molar-refractivity contribution in [3.8, 4) is 28.6 Å². The number of benzene rings is 3. The van der Waals surface area contributed by atoms with E-state index in [0.29, 0.717) is 0 Å². The zero-order valence-corrected chi connectivity index (χ0v) is 16.1. The molecule has 1 unspecified atom stereocenters. The summed E-state index contributed by atoms with van der Waals surface area (Å²) in [5.41, 5.74) is 3.97. The van der Waals surface area contributed by atoms with E-state index in [2.05, 4.69) is 6.92 Å². The zero-order chi connectivity index (χ0) is 19.7. The first-order chi connectivity index (χ1) is 13.6. The molecule has 4 nitrogen and oxygen atoms in total. The van der Waals surface area contributed by atoms with Gasteiger partial charge in [-0.15, -0.1) is 0 Å². The lowest BCUT2D eigenvalue weighted by molar-refractivity contribution is 0.414. The molecule has 1 heterocycles. The summed E-state index contributed by atoms with van der Waals surface area (Å²) in [6.45, 7) is 2.15. The number of aromatic hydroxyl groups is 1. The first-order valence-corrected chi connectivity index (χ1v) is 9.14. The average molecular weight is 374 g/mol. The highest BCUT2D eigenvalue weighted by Gasteiger charge is 2.22. The fraction of sp³-hybridized carbons (Fsp3) is 0.167. The van der Waals surface area contributed by atoms with Crippen LogP contribution in [-0.2, 0) is 0 Å². The number of ether oxygens (including phenoxy) is 2. The molecule has 1 aromatic heterocycles. The van der Waals surface area contributed by atoms with Crippen LogP contribution in [0.3, 0.4) is 0 Å². The molecular formula is C24H22O4. The van der Waals surface area contributed by atoms with Gasteiger partial charge < -0.3 is 19.0 Å². The van der Waals surface area contributed by atoms with Crippen molar-refractivity contribution in [3.63, 3.8) is 0 Å². The normalized spacial score (nSPS) is 12.1. The lowest BCUT2D eigenvalue weighted by atomic mass is 9.89. The molecule has 4 aromatic rings. The SMILES string of the molecule is COc1ccc(-c2oc3cc(OC)ccc3c2C(C)c2ccc(O)cc2)cc1. The van der Waals surface area contributed by atoms with Gasteiger partial charge in [-0.3, -0.25) is 0 Å². The molecule has 0 radical (unpaired) electrons. The highest BCUT2D eigenvalue weighted by atomic mass is 16.5. The number of rotatable bonds is 5. The summed E-state index contributed by atoms with van der Waals surface area (Å²) in [6.07, 6.45) is 0. The Bertz CT molecular complexity index is 1090. The molecule has 0 amide bonds. The molecule has 0 spiro atoms. The van der Waals surface area contributed by atoms with Crippen LogP contribution in [0.1, 0.15) is 24.0 Å². The summed E-state index contributed by atoms with van der Waals surface area (Å²) in [5.74, 6) is 2.72. The van der Waals surface area contributed by atoms with Gasteiger partial charge in [0.05, 0.1) is 14.2 Å². The van der Waals surface area contributed by atoms with E-state index in [1.54, 1.807) is 26.4 Å². The minimum Gasteiger partial charge on any atom is -0.508 e. The summed E-state index contributed by atoms with van der Waals surface area (Å²) < 4.78 is 16.9. The highest BCUT2D eigenvalue weighted by molar-refractivity contribution is 5.90. The quantitative estimate of drug-likeness (QED) is 0.467. The molecule has 0 bridgehead atoms. The molecule has 28 heavy (non-hydrogen) atoms. The Balaban J connectivity index is 1.91.